The zero-order valence-electron chi connectivity index (χ0n) is 9.58. The maximum absolute atomic E-state index is 6.10. The summed E-state index contributed by atoms with van der Waals surface area (Å²) >= 11 is 6.10. The molecule has 2 fully saturated rings. The Morgan fingerprint density at radius 2 is 2.00 bits per heavy atom. The van der Waals surface area contributed by atoms with Crippen molar-refractivity contribution in [1.29, 1.82) is 0 Å². The molecule has 2 aliphatic heterocycles. The summed E-state index contributed by atoms with van der Waals surface area (Å²) < 4.78 is 1.93. The molecule has 0 bridgehead atoms. The number of halogens is 1. The van der Waals surface area contributed by atoms with Gasteiger partial charge >= 0.3 is 0 Å². The molecule has 0 amide bonds. The smallest absolute Gasteiger partial charge is 0.0225 e. The number of hydrogen-bond acceptors (Lipinski definition) is 2. The first-order valence-corrected chi connectivity index (χ1v) is 6.40. The summed E-state index contributed by atoms with van der Waals surface area (Å²) in [6.45, 7) is 11.0. The van der Waals surface area contributed by atoms with Crippen LogP contribution in [0.15, 0.2) is 12.3 Å². The molecule has 2 saturated heterocycles. The molecule has 15 heavy (non-hydrogen) atoms. The van der Waals surface area contributed by atoms with Gasteiger partial charge in [0.2, 0.25) is 0 Å². The molecule has 0 aliphatic carbocycles. The highest BCUT2D eigenvalue weighted by Gasteiger charge is 2.34. The molecule has 2 aliphatic rings. The van der Waals surface area contributed by atoms with Crippen LogP contribution in [0.2, 0.25) is 0 Å². The molecule has 86 valence electrons. The maximum Gasteiger partial charge on any atom is 0.0225 e. The second kappa shape index (κ2) is 4.75. The average Bonchev–Trinajstić information content (AvgIpc) is 2.84. The van der Waals surface area contributed by atoms with Crippen molar-refractivity contribution in [3.8, 4) is 0 Å². The van der Waals surface area contributed by atoms with Gasteiger partial charge in [-0.15, -0.1) is 0 Å². The lowest BCUT2D eigenvalue weighted by molar-refractivity contribution is 0.327. The van der Waals surface area contributed by atoms with Crippen molar-refractivity contribution in [2.45, 2.75) is 26.2 Å². The predicted molar refractivity (Wildman–Crippen MR) is 64.6 cm³/mol. The lowest BCUT2D eigenvalue weighted by atomic mass is 9.91. The van der Waals surface area contributed by atoms with E-state index in [1.807, 2.05) is 4.42 Å². The summed E-state index contributed by atoms with van der Waals surface area (Å²) in [4.78, 5) is 2.46. The van der Waals surface area contributed by atoms with Crippen molar-refractivity contribution in [1.82, 2.24) is 9.32 Å². The molecule has 0 radical (unpaired) electrons. The van der Waals surface area contributed by atoms with Crippen LogP contribution in [-0.2, 0) is 0 Å². The average molecular weight is 229 g/mol. The van der Waals surface area contributed by atoms with E-state index in [0.29, 0.717) is 11.8 Å². The Hall–Kier alpha value is -0.210. The number of nitrogens with zero attached hydrogens (tertiary/aromatic N) is 2. The Balaban J connectivity index is 1.99. The third kappa shape index (κ3) is 2.31. The van der Waals surface area contributed by atoms with Crippen LogP contribution in [-0.4, -0.2) is 35.5 Å². The van der Waals surface area contributed by atoms with Gasteiger partial charge in [0.15, 0.2) is 0 Å². The van der Waals surface area contributed by atoms with E-state index < -0.39 is 0 Å². The van der Waals surface area contributed by atoms with Crippen LogP contribution >= 0.6 is 11.8 Å². The van der Waals surface area contributed by atoms with Gasteiger partial charge in [-0.25, -0.2) is 4.42 Å². The van der Waals surface area contributed by atoms with Crippen molar-refractivity contribution in [2.24, 2.45) is 11.8 Å². The molecule has 0 N–H and O–H groups in total. The number of likely N-dealkylation sites (tertiary alicyclic amines) is 1. The van der Waals surface area contributed by atoms with E-state index in [-0.39, 0.29) is 0 Å². The molecule has 0 aromatic rings. The van der Waals surface area contributed by atoms with Gasteiger partial charge in [-0.2, -0.15) is 0 Å². The van der Waals surface area contributed by atoms with E-state index in [9.17, 15) is 0 Å². The minimum atomic E-state index is 0.589. The van der Waals surface area contributed by atoms with Gasteiger partial charge in [-0.05, 0) is 30.5 Å². The van der Waals surface area contributed by atoms with Gasteiger partial charge in [-0.1, -0.05) is 19.9 Å². The van der Waals surface area contributed by atoms with E-state index in [1.54, 1.807) is 0 Å². The summed E-state index contributed by atoms with van der Waals surface area (Å²) in [5.74, 6) is 1.29. The molecular formula is C12H21ClN2. The monoisotopic (exact) mass is 228 g/mol. The Bertz CT molecular complexity index is 236. The Morgan fingerprint density at radius 3 is 2.60 bits per heavy atom. The lowest BCUT2D eigenvalue weighted by Crippen LogP contribution is -2.27. The van der Waals surface area contributed by atoms with Gasteiger partial charge in [-0.3, -0.25) is 0 Å². The van der Waals surface area contributed by atoms with E-state index in [4.69, 9.17) is 11.8 Å². The van der Waals surface area contributed by atoms with Crippen LogP contribution in [0.1, 0.15) is 26.2 Å². The Morgan fingerprint density at radius 1 is 1.33 bits per heavy atom. The first-order chi connectivity index (χ1) is 7.22. The molecule has 2 atom stereocenters. The van der Waals surface area contributed by atoms with Crippen molar-refractivity contribution in [2.75, 3.05) is 26.2 Å². The number of rotatable bonds is 3. The van der Waals surface area contributed by atoms with E-state index in [2.05, 4.69) is 18.4 Å². The van der Waals surface area contributed by atoms with Crippen molar-refractivity contribution in [3.63, 3.8) is 0 Å². The minimum Gasteiger partial charge on any atom is -0.375 e. The Kier molecular flexibility index (Phi) is 3.57. The van der Waals surface area contributed by atoms with Crippen LogP contribution in [0.5, 0.6) is 0 Å². The molecule has 2 rings (SSSR count). The first kappa shape index (κ1) is 11.3. The molecular weight excluding hydrogens is 208 g/mol. The molecule has 0 unspecified atom stereocenters. The number of hydrogen-bond donors (Lipinski definition) is 0. The van der Waals surface area contributed by atoms with Crippen molar-refractivity contribution < 1.29 is 0 Å². The van der Waals surface area contributed by atoms with Crippen LogP contribution < -0.4 is 0 Å². The normalized spacial score (nSPS) is 32.5. The zero-order valence-corrected chi connectivity index (χ0v) is 10.3. The van der Waals surface area contributed by atoms with E-state index in [0.717, 1.165) is 13.1 Å². The minimum absolute atomic E-state index is 0.589. The largest absolute Gasteiger partial charge is 0.375 e. The van der Waals surface area contributed by atoms with Crippen LogP contribution in [0, 0.1) is 11.8 Å². The summed E-state index contributed by atoms with van der Waals surface area (Å²) in [6, 6.07) is 0. The molecule has 0 spiro atoms. The van der Waals surface area contributed by atoms with Crippen LogP contribution in [0.3, 0.4) is 0 Å². The summed E-state index contributed by atoms with van der Waals surface area (Å²) in [6.07, 6.45) is 3.86. The molecule has 2 heterocycles. The highest BCUT2D eigenvalue weighted by Crippen LogP contribution is 2.34. The van der Waals surface area contributed by atoms with Crippen molar-refractivity contribution in [3.05, 3.63) is 12.3 Å². The third-order valence-corrected chi connectivity index (χ3v) is 4.14. The topological polar surface area (TPSA) is 6.48 Å². The standard InChI is InChI=1S/C12H21ClN2/c1-3-11-8-15(13)9-12(11)10(2)14-6-4-5-7-14/h11-12H,2-9H2,1H3/t11-,12-/m1/s1. The van der Waals surface area contributed by atoms with Crippen molar-refractivity contribution >= 4 is 11.8 Å². The van der Waals surface area contributed by atoms with Gasteiger partial charge in [0.1, 0.15) is 0 Å². The van der Waals surface area contributed by atoms with E-state index >= 15 is 0 Å². The zero-order chi connectivity index (χ0) is 10.8. The lowest BCUT2D eigenvalue weighted by Gasteiger charge is -2.28. The van der Waals surface area contributed by atoms with Gasteiger partial charge < -0.3 is 4.90 Å². The van der Waals surface area contributed by atoms with Gasteiger partial charge in [0.25, 0.3) is 0 Å². The van der Waals surface area contributed by atoms with Crippen LogP contribution in [0.4, 0.5) is 0 Å². The van der Waals surface area contributed by atoms with Gasteiger partial charge in [0, 0.05) is 37.8 Å². The fraction of sp³-hybridized carbons (Fsp3) is 0.833. The molecule has 0 aromatic heterocycles. The fourth-order valence-electron chi connectivity index (χ4n) is 2.85. The highest BCUT2D eigenvalue weighted by molar-refractivity contribution is 6.13. The van der Waals surface area contributed by atoms with E-state index in [1.165, 1.54) is 38.0 Å². The molecule has 0 aromatic carbocycles. The second-order valence-corrected chi connectivity index (χ2v) is 5.27. The first-order valence-electron chi connectivity index (χ1n) is 6.06. The highest BCUT2D eigenvalue weighted by atomic mass is 35.5. The third-order valence-electron chi connectivity index (χ3n) is 3.86. The summed E-state index contributed by atoms with van der Waals surface area (Å²) in [7, 11) is 0. The second-order valence-electron chi connectivity index (χ2n) is 4.79. The van der Waals surface area contributed by atoms with Gasteiger partial charge in [0.05, 0.1) is 0 Å². The Labute approximate surface area is 98.0 Å². The maximum atomic E-state index is 6.10. The molecule has 0 saturated carbocycles. The summed E-state index contributed by atoms with van der Waals surface area (Å²) in [5.41, 5.74) is 1.34. The SMILES string of the molecule is C=C([C@H]1CN(Cl)C[C@H]1CC)N1CCCC1. The molecule has 2 nitrogen and oxygen atoms in total. The quantitative estimate of drug-likeness (QED) is 0.686. The predicted octanol–water partition coefficient (Wildman–Crippen LogP) is 2.71. The summed E-state index contributed by atoms with van der Waals surface area (Å²) in [5, 5.41) is 0. The fourth-order valence-corrected chi connectivity index (χ4v) is 3.17. The molecule has 3 heteroatoms. The van der Waals surface area contributed by atoms with Crippen LogP contribution in [0.25, 0.3) is 0 Å².